The number of primary amides is 2. The molecule has 676 valence electrons. The number of rotatable bonds is 20. The minimum Gasteiger partial charge on any atom is -0.481 e. The van der Waals surface area contributed by atoms with Crippen molar-refractivity contribution in [2.75, 3.05) is 14.2 Å². The van der Waals surface area contributed by atoms with Crippen LogP contribution in [0.5, 0.6) is 0 Å². The van der Waals surface area contributed by atoms with Crippen molar-refractivity contribution < 1.29 is 124 Å². The number of carbonyl (C=O) groups excluding carboxylic acids is 6. The minimum absolute atomic E-state index is 0. The maximum absolute atomic E-state index is 14.2. The van der Waals surface area contributed by atoms with Crippen LogP contribution in [-0.4, -0.2) is 101 Å². The van der Waals surface area contributed by atoms with Crippen LogP contribution < -0.4 is 17.2 Å². The summed E-state index contributed by atoms with van der Waals surface area (Å²) in [5, 5.41) is 10.7. The third-order valence-corrected chi connectivity index (χ3v) is 19.4. The Morgan fingerprint density at radius 1 is 0.408 bits per heavy atom. The zero-order valence-corrected chi connectivity index (χ0v) is 67.5. The number of carboxylic acid groups (broad SMARTS) is 1. The van der Waals surface area contributed by atoms with Crippen molar-refractivity contribution in [3.63, 3.8) is 0 Å². The summed E-state index contributed by atoms with van der Waals surface area (Å²) < 4.78 is 222. The number of nitrogens with one attached hydrogen (secondary N) is 5. The van der Waals surface area contributed by atoms with E-state index in [4.69, 9.17) is 22.3 Å². The van der Waals surface area contributed by atoms with Gasteiger partial charge in [-0.15, -0.1) is 12.4 Å². The van der Waals surface area contributed by atoms with Crippen LogP contribution in [0.1, 0.15) is 96.1 Å². The Morgan fingerprint density at radius 2 is 0.792 bits per heavy atom. The summed E-state index contributed by atoms with van der Waals surface area (Å²) in [5.41, 5.74) is 23.0. The molecule has 14 N–H and O–H groups in total. The van der Waals surface area contributed by atoms with Crippen LogP contribution >= 0.6 is 12.4 Å². The van der Waals surface area contributed by atoms with Gasteiger partial charge in [0, 0.05) is 170 Å². The number of hydrogen-bond donors (Lipinski definition) is 9. The number of amides is 2. The lowest BCUT2D eigenvalue weighted by Gasteiger charge is -2.20. The van der Waals surface area contributed by atoms with Gasteiger partial charge in [-0.1, -0.05) is 31.7 Å². The van der Waals surface area contributed by atoms with Crippen molar-refractivity contribution >= 4 is 108 Å². The molecule has 0 aliphatic carbocycles. The van der Waals surface area contributed by atoms with Gasteiger partial charge in [-0.25, -0.2) is 75.0 Å². The zero-order chi connectivity index (χ0) is 91.9. The largest absolute Gasteiger partial charge is 0.481 e. The third kappa shape index (κ3) is 24.7. The smallest absolute Gasteiger partial charge is 0.379 e. The van der Waals surface area contributed by atoms with E-state index in [9.17, 15) is 104 Å². The first-order valence-corrected chi connectivity index (χ1v) is 37.4. The van der Waals surface area contributed by atoms with E-state index in [1.165, 1.54) is 80.6 Å². The molecule has 0 fully saturated rings. The van der Waals surface area contributed by atoms with Gasteiger partial charge >= 0.3 is 17.9 Å². The maximum atomic E-state index is 14.2. The lowest BCUT2D eigenvalue weighted by Crippen LogP contribution is -2.17. The van der Waals surface area contributed by atoms with Crippen LogP contribution in [0.2, 0.25) is 0 Å². The van der Waals surface area contributed by atoms with Crippen molar-refractivity contribution in [1.29, 1.82) is 0 Å². The van der Waals surface area contributed by atoms with E-state index in [0.29, 0.717) is 99.5 Å². The van der Waals surface area contributed by atoms with E-state index in [0.717, 1.165) is 98.1 Å². The topological polar surface area (TPSA) is 372 Å². The summed E-state index contributed by atoms with van der Waals surface area (Å²) >= 11 is 0. The number of halogens is 17. The fourth-order valence-electron chi connectivity index (χ4n) is 13.5. The Balaban J connectivity index is 0.000000203. The molecule has 130 heavy (non-hydrogen) atoms. The molecule has 7 aromatic heterocycles. The standard InChI is InChI=1S/C31H22F5N3O2.C20H16F3N3O.C11H7F2NO3.C11H9F2NO2.C10H7F2NO2.C8H5F2N.CH4.ClH.H2O/c32-20-7-16(8-21(33)12-20)6-18(9-22(40)10-19-15-39-29-14-28(36)27(35)13-24(19)29)30-23(2-1-5-38-30)17-3-4-26(34)25(11-17)31(37)41;21-13-6-11(7-14(22)10-13)8-18(24)19-15(2-1-5-26-19)12-3-4-17(23)16(9-12)20(25)27;1-17-11(16)10(15)6-4-14-9-3-8(13)7(12)2-5(6)9;1-16-11(15)2-6-5-14-10-4-9(13)8(12)3-7(6)10;11-7-2-6-5(1-10(14)15)4-13-9(6)3-8(7)12;9-6-3-5-1-2-11-8(5)4-7(6)10;;;/h1-5,7-8,11-15,18,39H,6,9-10H2,(H2,37,41);1-7,9-10,18H,8,24H2,(H2,25,27);2-4,14H,1H3;3-5,14H,2H2,1H3;2-4,13H,1H2,(H,14,15);1-4,11H;1H4;1H;1H2/t2*18-;;;;;;;/m10......./s1. The molecule has 0 saturated heterocycles. The van der Waals surface area contributed by atoms with Gasteiger partial charge in [-0.3, -0.25) is 38.7 Å². The molecule has 0 saturated carbocycles. The normalized spacial score (nSPS) is 11.1. The van der Waals surface area contributed by atoms with Gasteiger partial charge in [0.15, 0.2) is 58.2 Å². The Hall–Kier alpha value is -15.2. The summed E-state index contributed by atoms with van der Waals surface area (Å²) in [6.07, 6.45) is 10.0. The Labute approximate surface area is 731 Å². The van der Waals surface area contributed by atoms with Gasteiger partial charge < -0.3 is 62.2 Å². The Bertz CT molecular complexity index is 6830. The fraction of sp³-hybridized carbons (Fsp3) is 0.120. The van der Waals surface area contributed by atoms with Gasteiger partial charge in [-0.05, 0) is 149 Å². The van der Waals surface area contributed by atoms with Crippen molar-refractivity contribution in [1.82, 2.24) is 34.9 Å². The molecule has 16 aromatic rings. The van der Waals surface area contributed by atoms with Gasteiger partial charge in [-0.2, -0.15) is 0 Å². The number of esters is 2. The predicted molar refractivity (Wildman–Crippen MR) is 451 cm³/mol. The van der Waals surface area contributed by atoms with E-state index >= 15 is 0 Å². The molecular weight excluding hydrogens is 1760 g/mol. The number of hydrogen-bond acceptors (Lipinski definition) is 12. The molecule has 21 nitrogen and oxygen atoms in total. The highest BCUT2D eigenvalue weighted by Gasteiger charge is 2.27. The third-order valence-electron chi connectivity index (χ3n) is 19.4. The predicted octanol–water partition coefficient (Wildman–Crippen LogP) is 18.8. The molecule has 0 unspecified atom stereocenters. The summed E-state index contributed by atoms with van der Waals surface area (Å²) in [6, 6.07) is 31.9. The molecule has 0 aliphatic rings. The molecule has 38 heteroatoms. The molecule has 2 atom stereocenters. The van der Waals surface area contributed by atoms with Crippen LogP contribution in [0.15, 0.2) is 207 Å². The van der Waals surface area contributed by atoms with Gasteiger partial charge in [0.2, 0.25) is 0 Å². The summed E-state index contributed by atoms with van der Waals surface area (Å²) in [4.78, 5) is 103. The number of methoxy groups -OCH3 is 2. The number of nitrogens with zero attached hydrogens (tertiary/aromatic N) is 2. The number of fused-ring (bicyclic) bond motifs is 5. The Kier molecular flexibility index (Phi) is 34.1. The van der Waals surface area contributed by atoms with E-state index in [2.05, 4.69) is 44.4 Å². The second kappa shape index (κ2) is 44.3. The van der Waals surface area contributed by atoms with Crippen LogP contribution in [0.25, 0.3) is 76.8 Å². The molecule has 0 spiro atoms. The van der Waals surface area contributed by atoms with Crippen LogP contribution in [0.4, 0.5) is 70.2 Å². The van der Waals surface area contributed by atoms with Crippen LogP contribution in [0, 0.1) is 93.1 Å². The maximum Gasteiger partial charge on any atom is 0.379 e. The van der Waals surface area contributed by atoms with Gasteiger partial charge in [0.1, 0.15) is 40.7 Å². The van der Waals surface area contributed by atoms with Gasteiger partial charge in [0.25, 0.3) is 17.6 Å². The molecule has 0 radical (unpaired) electrons. The number of carbonyl (C=O) groups is 7. The summed E-state index contributed by atoms with van der Waals surface area (Å²) in [6.45, 7) is 0. The molecule has 2 amide bonds. The number of benzene rings is 9. The number of aliphatic carboxylic acids is 1. The first-order valence-electron chi connectivity index (χ1n) is 37.4. The van der Waals surface area contributed by atoms with E-state index < -0.39 is 141 Å². The van der Waals surface area contributed by atoms with E-state index in [-0.39, 0.29) is 103 Å². The number of ether oxygens (including phenoxy) is 2. The first-order chi connectivity index (χ1) is 60.4. The van der Waals surface area contributed by atoms with Crippen molar-refractivity contribution in [2.24, 2.45) is 17.2 Å². The highest BCUT2D eigenvalue weighted by atomic mass is 35.5. The average molecular weight is 1830 g/mol. The average Bonchev–Trinajstić information content (AvgIpc) is 1.58. The highest BCUT2D eigenvalue weighted by molar-refractivity contribution is 6.43. The lowest BCUT2D eigenvalue weighted by molar-refractivity contribution is -0.140. The second-order valence-corrected chi connectivity index (χ2v) is 28.0. The first kappa shape index (κ1) is 100. The van der Waals surface area contributed by atoms with E-state index in [1.54, 1.807) is 42.7 Å². The van der Waals surface area contributed by atoms with Crippen molar-refractivity contribution in [3.8, 4) is 22.3 Å². The number of aromatic nitrogens is 7. The van der Waals surface area contributed by atoms with Gasteiger partial charge in [0.05, 0.1) is 61.2 Å². The number of carboxylic acids is 1. The summed E-state index contributed by atoms with van der Waals surface area (Å²) in [7, 11) is 2.34. The molecular formula is C92H73ClF16N10O11. The highest BCUT2D eigenvalue weighted by Crippen LogP contribution is 2.36. The molecule has 7 heterocycles. The number of H-pyrrole nitrogens is 5. The second-order valence-electron chi connectivity index (χ2n) is 28.0. The number of nitrogens with two attached hydrogens (primary N) is 3. The van der Waals surface area contributed by atoms with Crippen LogP contribution in [0.3, 0.4) is 0 Å². The van der Waals surface area contributed by atoms with E-state index in [1.807, 2.05) is 0 Å². The molecule has 0 aliphatic heterocycles. The number of ketones is 2. The number of pyridine rings is 2. The van der Waals surface area contributed by atoms with Crippen molar-refractivity contribution in [3.05, 3.63) is 356 Å². The molecule has 16 rings (SSSR count). The number of Topliss-reactive ketones (excluding diaryl/α,β-unsaturated/α-hetero) is 2. The number of aromatic amines is 5. The SMILES string of the molecule is C.COC(=O)C(=O)c1c[nH]c2cc(F)c(F)cc12.COC(=O)Cc1c[nH]c2cc(F)c(F)cc12.Cl.Fc1cc2cc[nH]c2cc1F.NC(=O)c1cc(-c2cccnc2[C@@H](CC(=O)Cc2c[nH]c3cc(F)c(F)cc23)Cc2cc(F)cc(F)c2)ccc1F.NC(=O)c1cc(-c2cccnc2[C@@H](N)Cc2cc(F)cc(F)c2)ccc1F.O.O=C(O)Cc1c[nH]c2cc(F)c(F)cc12. The van der Waals surface area contributed by atoms with Crippen LogP contribution in [-0.2, 0) is 60.8 Å². The Morgan fingerprint density at radius 3 is 1.23 bits per heavy atom. The molecule has 0 bridgehead atoms. The monoisotopic (exact) mass is 1830 g/mol. The quantitative estimate of drug-likeness (QED) is 0.0148. The fourth-order valence-corrected chi connectivity index (χ4v) is 13.5. The zero-order valence-electron chi connectivity index (χ0n) is 66.7. The molecule has 9 aromatic carbocycles. The summed E-state index contributed by atoms with van der Waals surface area (Å²) in [5.74, 6) is -20.4. The lowest BCUT2D eigenvalue weighted by atomic mass is 9.85. The minimum atomic E-state index is -1.09. The van der Waals surface area contributed by atoms with Crippen molar-refractivity contribution in [2.45, 2.75) is 57.9 Å².